The maximum atomic E-state index is 3.60. The lowest BCUT2D eigenvalue weighted by atomic mass is 10.0. The van der Waals surface area contributed by atoms with E-state index >= 15 is 0 Å². The summed E-state index contributed by atoms with van der Waals surface area (Å²) < 4.78 is 0. The van der Waals surface area contributed by atoms with Gasteiger partial charge in [-0.2, -0.15) is 0 Å². The molecule has 0 radical (unpaired) electrons. The maximum absolute atomic E-state index is 3.60. The second kappa shape index (κ2) is 4.84. The molecule has 0 saturated heterocycles. The van der Waals surface area contributed by atoms with Gasteiger partial charge in [-0.15, -0.1) is 0 Å². The number of nitrogens with one attached hydrogen (secondary N) is 1. The van der Waals surface area contributed by atoms with E-state index in [-0.39, 0.29) is 0 Å². The number of anilines is 1. The Bertz CT molecular complexity index is 320. The summed E-state index contributed by atoms with van der Waals surface area (Å²) in [5.41, 5.74) is 3.87. The summed E-state index contributed by atoms with van der Waals surface area (Å²) in [4.78, 5) is 0. The van der Waals surface area contributed by atoms with E-state index in [4.69, 9.17) is 0 Å². The number of rotatable bonds is 3. The molecule has 2 rings (SSSR count). The van der Waals surface area contributed by atoms with Crippen LogP contribution in [0.2, 0.25) is 17.6 Å². The van der Waals surface area contributed by atoms with Gasteiger partial charge in [-0.05, 0) is 23.6 Å². The lowest BCUT2D eigenvalue weighted by Gasteiger charge is -2.30. The summed E-state index contributed by atoms with van der Waals surface area (Å²) in [6, 6.07) is 11.7. The minimum absolute atomic E-state index is 0.495. The second-order valence-electron chi connectivity index (χ2n) is 4.58. The molecule has 1 aliphatic rings. The standard InChI is InChI=1S/C13H21NSi/c1-3-15(4-2)12-9-11-7-5-6-8-13(11)14-10-12/h5-8,12,14-15H,3-4,9-10H2,1-2H3/t12-/m1/s1. The highest BCUT2D eigenvalue weighted by molar-refractivity contribution is 6.60. The van der Waals surface area contributed by atoms with Gasteiger partial charge >= 0.3 is 0 Å². The van der Waals surface area contributed by atoms with Crippen LogP contribution in [0, 0.1) is 0 Å². The van der Waals surface area contributed by atoms with Crippen molar-refractivity contribution in [2.75, 3.05) is 11.9 Å². The summed E-state index contributed by atoms with van der Waals surface area (Å²) in [6.07, 6.45) is 1.32. The molecule has 1 nitrogen and oxygen atoms in total. The van der Waals surface area contributed by atoms with Gasteiger partial charge in [0, 0.05) is 21.0 Å². The van der Waals surface area contributed by atoms with Crippen LogP contribution >= 0.6 is 0 Å². The Labute approximate surface area is 94.5 Å². The van der Waals surface area contributed by atoms with E-state index in [0.29, 0.717) is 0 Å². The lowest BCUT2D eigenvalue weighted by Crippen LogP contribution is -2.30. The molecule has 1 heterocycles. The SMILES string of the molecule is CC[SiH](CC)[C@H]1CNc2ccccc2C1. The molecule has 0 amide bonds. The van der Waals surface area contributed by atoms with Crippen molar-refractivity contribution in [1.29, 1.82) is 0 Å². The predicted molar refractivity (Wildman–Crippen MR) is 70.5 cm³/mol. The van der Waals surface area contributed by atoms with Crippen LogP contribution in [0.3, 0.4) is 0 Å². The third-order valence-electron chi connectivity index (χ3n) is 3.77. The van der Waals surface area contributed by atoms with Crippen molar-refractivity contribution in [2.45, 2.75) is 37.9 Å². The zero-order valence-electron chi connectivity index (χ0n) is 9.79. The number of fused-ring (bicyclic) bond motifs is 1. The Hall–Kier alpha value is -0.763. The number of hydrogen-bond donors (Lipinski definition) is 1. The van der Waals surface area contributed by atoms with Crippen LogP contribution in [0.1, 0.15) is 19.4 Å². The molecule has 1 N–H and O–H groups in total. The lowest BCUT2D eigenvalue weighted by molar-refractivity contribution is 0.796. The number of hydrogen-bond acceptors (Lipinski definition) is 1. The van der Waals surface area contributed by atoms with Gasteiger partial charge in [0.1, 0.15) is 0 Å². The monoisotopic (exact) mass is 219 g/mol. The Morgan fingerprint density at radius 1 is 1.27 bits per heavy atom. The summed E-state index contributed by atoms with van der Waals surface area (Å²) in [5, 5.41) is 3.60. The molecule has 0 aliphatic carbocycles. The van der Waals surface area contributed by atoms with Crippen LogP contribution in [-0.4, -0.2) is 15.3 Å². The van der Waals surface area contributed by atoms with E-state index in [9.17, 15) is 0 Å². The minimum atomic E-state index is -0.495. The van der Waals surface area contributed by atoms with Gasteiger partial charge in [-0.3, -0.25) is 0 Å². The normalized spacial score (nSPS) is 19.8. The summed E-state index contributed by atoms with van der Waals surface area (Å²) in [7, 11) is -0.495. The molecule has 0 aromatic heterocycles. The predicted octanol–water partition coefficient (Wildman–Crippen LogP) is 3.29. The van der Waals surface area contributed by atoms with Gasteiger partial charge in [-0.25, -0.2) is 0 Å². The van der Waals surface area contributed by atoms with E-state index in [1.165, 1.54) is 36.3 Å². The number of para-hydroxylation sites is 1. The summed E-state index contributed by atoms with van der Waals surface area (Å²) in [5.74, 6) is 0. The van der Waals surface area contributed by atoms with Crippen LogP contribution in [0.25, 0.3) is 0 Å². The van der Waals surface area contributed by atoms with E-state index in [2.05, 4.69) is 43.4 Å². The summed E-state index contributed by atoms with van der Waals surface area (Å²) >= 11 is 0. The molecule has 2 heteroatoms. The Balaban J connectivity index is 2.11. The molecule has 0 saturated carbocycles. The maximum Gasteiger partial charge on any atom is 0.0419 e. The Morgan fingerprint density at radius 3 is 2.73 bits per heavy atom. The minimum Gasteiger partial charge on any atom is -0.385 e. The van der Waals surface area contributed by atoms with Crippen LogP contribution < -0.4 is 5.32 Å². The van der Waals surface area contributed by atoms with E-state index < -0.39 is 8.80 Å². The fourth-order valence-corrected chi connectivity index (χ4v) is 5.70. The molecule has 0 fully saturated rings. The first kappa shape index (κ1) is 10.7. The van der Waals surface area contributed by atoms with Gasteiger partial charge in [0.25, 0.3) is 0 Å². The second-order valence-corrected chi connectivity index (χ2v) is 8.67. The first-order valence-electron chi connectivity index (χ1n) is 6.16. The van der Waals surface area contributed by atoms with E-state index in [1.807, 2.05) is 0 Å². The average molecular weight is 219 g/mol. The van der Waals surface area contributed by atoms with E-state index in [0.717, 1.165) is 5.54 Å². The number of benzene rings is 1. The third-order valence-corrected chi connectivity index (χ3v) is 7.67. The molecule has 82 valence electrons. The molecule has 0 unspecified atom stereocenters. The smallest absolute Gasteiger partial charge is 0.0419 e. The van der Waals surface area contributed by atoms with Gasteiger partial charge < -0.3 is 5.32 Å². The topological polar surface area (TPSA) is 12.0 Å². The van der Waals surface area contributed by atoms with Crippen molar-refractivity contribution >= 4 is 14.5 Å². The van der Waals surface area contributed by atoms with E-state index in [1.54, 1.807) is 0 Å². The molecule has 1 aromatic rings. The van der Waals surface area contributed by atoms with Crippen molar-refractivity contribution in [3.05, 3.63) is 29.8 Å². The average Bonchev–Trinajstić information content (AvgIpc) is 2.30. The molecule has 1 atom stereocenters. The van der Waals surface area contributed by atoms with Crippen LogP contribution in [-0.2, 0) is 6.42 Å². The first-order valence-corrected chi connectivity index (χ1v) is 8.46. The van der Waals surface area contributed by atoms with Crippen molar-refractivity contribution in [1.82, 2.24) is 0 Å². The fraction of sp³-hybridized carbons (Fsp3) is 0.538. The Kier molecular flexibility index (Phi) is 3.47. The van der Waals surface area contributed by atoms with Gasteiger partial charge in [-0.1, -0.05) is 44.1 Å². The highest BCUT2D eigenvalue weighted by Crippen LogP contribution is 2.31. The zero-order chi connectivity index (χ0) is 10.7. The molecular weight excluding hydrogens is 198 g/mol. The highest BCUT2D eigenvalue weighted by atomic mass is 28.3. The summed E-state index contributed by atoms with van der Waals surface area (Å²) in [6.45, 7) is 5.97. The quantitative estimate of drug-likeness (QED) is 0.769. The molecule has 1 aromatic carbocycles. The fourth-order valence-electron chi connectivity index (χ4n) is 2.76. The van der Waals surface area contributed by atoms with Gasteiger partial charge in [0.2, 0.25) is 0 Å². The highest BCUT2D eigenvalue weighted by Gasteiger charge is 2.24. The molecule has 15 heavy (non-hydrogen) atoms. The molecule has 0 bridgehead atoms. The van der Waals surface area contributed by atoms with Gasteiger partial charge in [0.15, 0.2) is 0 Å². The first-order chi connectivity index (χ1) is 7.35. The molecule has 0 spiro atoms. The largest absolute Gasteiger partial charge is 0.385 e. The van der Waals surface area contributed by atoms with Crippen LogP contribution in [0.15, 0.2) is 24.3 Å². The van der Waals surface area contributed by atoms with Crippen molar-refractivity contribution < 1.29 is 0 Å². The van der Waals surface area contributed by atoms with Crippen LogP contribution in [0.5, 0.6) is 0 Å². The Morgan fingerprint density at radius 2 is 2.00 bits per heavy atom. The van der Waals surface area contributed by atoms with Crippen molar-refractivity contribution in [3.8, 4) is 0 Å². The van der Waals surface area contributed by atoms with Crippen LogP contribution in [0.4, 0.5) is 5.69 Å². The molecular formula is C13H21NSi. The third kappa shape index (κ3) is 2.25. The van der Waals surface area contributed by atoms with Gasteiger partial charge in [0.05, 0.1) is 0 Å². The zero-order valence-corrected chi connectivity index (χ0v) is 10.9. The van der Waals surface area contributed by atoms with Crippen molar-refractivity contribution in [2.24, 2.45) is 0 Å². The van der Waals surface area contributed by atoms with Crippen molar-refractivity contribution in [3.63, 3.8) is 0 Å². The molecule has 1 aliphatic heterocycles.